The lowest BCUT2D eigenvalue weighted by atomic mass is 9.90. The van der Waals surface area contributed by atoms with Crippen LogP contribution in [0.15, 0.2) is 84.6 Å². The van der Waals surface area contributed by atoms with Gasteiger partial charge in [0.15, 0.2) is 0 Å². The summed E-state index contributed by atoms with van der Waals surface area (Å²) in [5, 5.41) is 0. The van der Waals surface area contributed by atoms with Gasteiger partial charge in [-0.15, -0.1) is 0 Å². The third-order valence-electron chi connectivity index (χ3n) is 2.86. The summed E-state index contributed by atoms with van der Waals surface area (Å²) in [5.41, 5.74) is 4.67. The molecule has 1 rings (SSSR count). The average Bonchev–Trinajstić information content (AvgIpc) is 2.39. The SMILES string of the molecule is C=C/C=C\C(C(=C)C1=CC=CCC1)=C(/C)C=C. The molecule has 0 heteroatoms. The highest BCUT2D eigenvalue weighted by Gasteiger charge is 2.08. The Bertz CT molecular complexity index is 437. The van der Waals surface area contributed by atoms with Gasteiger partial charge >= 0.3 is 0 Å². The van der Waals surface area contributed by atoms with Crippen LogP contribution in [0.3, 0.4) is 0 Å². The van der Waals surface area contributed by atoms with Gasteiger partial charge in [0, 0.05) is 0 Å². The minimum absolute atomic E-state index is 1.06. The van der Waals surface area contributed by atoms with Crippen molar-refractivity contribution in [1.29, 1.82) is 0 Å². The molecule has 0 radical (unpaired) electrons. The summed E-state index contributed by atoms with van der Waals surface area (Å²) in [4.78, 5) is 0. The standard InChI is InChI=1S/C17H20/c1-5-7-13-17(14(3)6-2)15(4)16-11-9-8-10-12-16/h5-9,11,13H,1-2,4,10,12H2,3H3/b13-7-,17-14-. The molecule has 88 valence electrons. The van der Waals surface area contributed by atoms with E-state index in [1.54, 1.807) is 6.08 Å². The number of allylic oxidation sites excluding steroid dienone is 11. The summed E-state index contributed by atoms with van der Waals surface area (Å²) in [7, 11) is 0. The van der Waals surface area contributed by atoms with Gasteiger partial charge in [-0.25, -0.2) is 0 Å². The molecule has 0 amide bonds. The Hall–Kier alpha value is -1.82. The molecular formula is C17H20. The van der Waals surface area contributed by atoms with E-state index in [9.17, 15) is 0 Å². The second-order valence-corrected chi connectivity index (χ2v) is 4.03. The molecule has 1 aliphatic rings. The first kappa shape index (κ1) is 13.2. The van der Waals surface area contributed by atoms with Crippen molar-refractivity contribution in [2.45, 2.75) is 19.8 Å². The smallest absolute Gasteiger partial charge is 0.0158 e. The molecule has 0 unspecified atom stereocenters. The molecule has 1 aliphatic carbocycles. The van der Waals surface area contributed by atoms with Gasteiger partial charge in [-0.2, -0.15) is 0 Å². The Kier molecular flexibility index (Phi) is 5.22. The fourth-order valence-corrected chi connectivity index (χ4v) is 1.77. The quantitative estimate of drug-likeness (QED) is 0.572. The third-order valence-corrected chi connectivity index (χ3v) is 2.86. The first-order valence-electron chi connectivity index (χ1n) is 5.88. The predicted octanol–water partition coefficient (Wildman–Crippen LogP) is 5.06. The lowest BCUT2D eigenvalue weighted by Gasteiger charge is -2.15. The van der Waals surface area contributed by atoms with Crippen molar-refractivity contribution in [3.05, 3.63) is 84.6 Å². The van der Waals surface area contributed by atoms with Crippen molar-refractivity contribution >= 4 is 0 Å². The Labute approximate surface area is 105 Å². The van der Waals surface area contributed by atoms with E-state index in [4.69, 9.17) is 0 Å². The van der Waals surface area contributed by atoms with Gasteiger partial charge in [0.25, 0.3) is 0 Å². The van der Waals surface area contributed by atoms with E-state index in [-0.39, 0.29) is 0 Å². The van der Waals surface area contributed by atoms with Gasteiger partial charge in [-0.05, 0) is 42.1 Å². The minimum atomic E-state index is 1.06. The highest BCUT2D eigenvalue weighted by atomic mass is 14.1. The van der Waals surface area contributed by atoms with Crippen molar-refractivity contribution in [3.63, 3.8) is 0 Å². The van der Waals surface area contributed by atoms with Gasteiger partial charge < -0.3 is 0 Å². The van der Waals surface area contributed by atoms with Crippen LogP contribution >= 0.6 is 0 Å². The average molecular weight is 224 g/mol. The zero-order chi connectivity index (χ0) is 12.7. The first-order chi connectivity index (χ1) is 8.20. The van der Waals surface area contributed by atoms with Crippen LogP contribution in [0.4, 0.5) is 0 Å². The number of rotatable bonds is 5. The molecule has 0 nitrogen and oxygen atoms in total. The summed E-state index contributed by atoms with van der Waals surface area (Å²) in [6.45, 7) is 13.8. The van der Waals surface area contributed by atoms with Crippen LogP contribution in [0.2, 0.25) is 0 Å². The zero-order valence-electron chi connectivity index (χ0n) is 10.6. The molecule has 0 N–H and O–H groups in total. The van der Waals surface area contributed by atoms with Crippen LogP contribution in [0.1, 0.15) is 19.8 Å². The predicted molar refractivity (Wildman–Crippen MR) is 77.8 cm³/mol. The number of hydrogen-bond donors (Lipinski definition) is 0. The summed E-state index contributed by atoms with van der Waals surface area (Å²) >= 11 is 0. The maximum absolute atomic E-state index is 4.21. The molecule has 0 bridgehead atoms. The normalized spacial score (nSPS) is 16.4. The lowest BCUT2D eigenvalue weighted by Crippen LogP contribution is -1.96. The molecule has 0 aromatic rings. The van der Waals surface area contributed by atoms with Crippen molar-refractivity contribution in [3.8, 4) is 0 Å². The molecule has 0 aromatic heterocycles. The Morgan fingerprint density at radius 2 is 2.12 bits per heavy atom. The van der Waals surface area contributed by atoms with Crippen LogP contribution < -0.4 is 0 Å². The van der Waals surface area contributed by atoms with Gasteiger partial charge in [0.2, 0.25) is 0 Å². The molecule has 0 spiro atoms. The van der Waals surface area contributed by atoms with E-state index in [1.165, 1.54) is 5.57 Å². The minimum Gasteiger partial charge on any atom is -0.0991 e. The molecule has 17 heavy (non-hydrogen) atoms. The molecule has 0 atom stereocenters. The fourth-order valence-electron chi connectivity index (χ4n) is 1.77. The second-order valence-electron chi connectivity index (χ2n) is 4.03. The third kappa shape index (κ3) is 3.60. The summed E-state index contributed by atoms with van der Waals surface area (Å²) in [6, 6.07) is 0. The van der Waals surface area contributed by atoms with Crippen LogP contribution in [0.5, 0.6) is 0 Å². The van der Waals surface area contributed by atoms with Crippen molar-refractivity contribution < 1.29 is 0 Å². The monoisotopic (exact) mass is 224 g/mol. The van der Waals surface area contributed by atoms with E-state index in [0.717, 1.165) is 29.6 Å². The topological polar surface area (TPSA) is 0 Å². The molecular weight excluding hydrogens is 204 g/mol. The van der Waals surface area contributed by atoms with Crippen LogP contribution in [-0.4, -0.2) is 0 Å². The summed E-state index contributed by atoms with van der Waals surface area (Å²) in [5.74, 6) is 0. The molecule has 0 heterocycles. The molecule has 0 saturated heterocycles. The van der Waals surface area contributed by atoms with Gasteiger partial charge in [0.05, 0.1) is 0 Å². The Morgan fingerprint density at radius 3 is 2.65 bits per heavy atom. The van der Waals surface area contributed by atoms with Gasteiger partial charge in [0.1, 0.15) is 0 Å². The van der Waals surface area contributed by atoms with Gasteiger partial charge in [-0.1, -0.05) is 62.3 Å². The Morgan fingerprint density at radius 1 is 1.35 bits per heavy atom. The van der Waals surface area contributed by atoms with Crippen molar-refractivity contribution in [1.82, 2.24) is 0 Å². The highest BCUT2D eigenvalue weighted by Crippen LogP contribution is 2.27. The second kappa shape index (κ2) is 6.70. The van der Waals surface area contributed by atoms with E-state index >= 15 is 0 Å². The first-order valence-corrected chi connectivity index (χ1v) is 5.88. The summed E-state index contributed by atoms with van der Waals surface area (Å²) in [6.07, 6.45) is 16.2. The zero-order valence-corrected chi connectivity index (χ0v) is 10.6. The fraction of sp³-hybridized carbons (Fsp3) is 0.176. The van der Waals surface area contributed by atoms with E-state index in [2.05, 4.69) is 44.9 Å². The van der Waals surface area contributed by atoms with E-state index < -0.39 is 0 Å². The highest BCUT2D eigenvalue weighted by molar-refractivity contribution is 5.55. The van der Waals surface area contributed by atoms with Crippen LogP contribution in [-0.2, 0) is 0 Å². The van der Waals surface area contributed by atoms with Crippen molar-refractivity contribution in [2.24, 2.45) is 0 Å². The molecule has 0 fully saturated rings. The Balaban J connectivity index is 3.07. The summed E-state index contributed by atoms with van der Waals surface area (Å²) < 4.78 is 0. The maximum atomic E-state index is 4.21. The number of hydrogen-bond acceptors (Lipinski definition) is 0. The molecule has 0 aromatic carbocycles. The van der Waals surface area contributed by atoms with Crippen LogP contribution in [0.25, 0.3) is 0 Å². The van der Waals surface area contributed by atoms with Crippen molar-refractivity contribution in [2.75, 3.05) is 0 Å². The van der Waals surface area contributed by atoms with E-state index in [1.807, 2.05) is 18.2 Å². The lowest BCUT2D eigenvalue weighted by molar-refractivity contribution is 0.974. The van der Waals surface area contributed by atoms with Gasteiger partial charge in [-0.3, -0.25) is 0 Å². The van der Waals surface area contributed by atoms with E-state index in [0.29, 0.717) is 0 Å². The maximum Gasteiger partial charge on any atom is -0.0158 e. The van der Waals surface area contributed by atoms with Crippen LogP contribution in [0, 0.1) is 0 Å². The molecule has 0 saturated carbocycles. The largest absolute Gasteiger partial charge is 0.0991 e. The molecule has 0 aliphatic heterocycles.